The lowest BCUT2D eigenvalue weighted by Crippen LogP contribution is -2.39. The maximum absolute atomic E-state index is 13.6. The first-order valence-electron chi connectivity index (χ1n) is 7.18. The summed E-state index contributed by atoms with van der Waals surface area (Å²) in [5.74, 6) is -0.0925. The molecule has 1 aromatic rings. The van der Waals surface area contributed by atoms with E-state index in [-0.39, 0.29) is 24.0 Å². The number of likely N-dealkylation sites (N-methyl/N-ethyl adjacent to an activating group) is 1. The fourth-order valence-electron chi connectivity index (χ4n) is 2.75. The van der Waals surface area contributed by atoms with E-state index in [9.17, 15) is 17.6 Å². The molecule has 128 valence electrons. The molecule has 0 atom stereocenters. The highest BCUT2D eigenvalue weighted by Crippen LogP contribution is 2.49. The molecule has 1 aromatic carbocycles. The van der Waals surface area contributed by atoms with Crippen LogP contribution in [0.1, 0.15) is 24.0 Å². The van der Waals surface area contributed by atoms with E-state index in [1.54, 1.807) is 0 Å². The number of benzene rings is 1. The number of halogens is 5. The lowest BCUT2D eigenvalue weighted by Gasteiger charge is -2.21. The van der Waals surface area contributed by atoms with Gasteiger partial charge in [-0.2, -0.15) is 13.2 Å². The third-order valence-electron chi connectivity index (χ3n) is 4.33. The molecule has 0 saturated heterocycles. The second-order valence-electron chi connectivity index (χ2n) is 5.99. The molecule has 0 unspecified atom stereocenters. The van der Waals surface area contributed by atoms with Gasteiger partial charge in [-0.1, -0.05) is 0 Å². The Kier molecular flexibility index (Phi) is 5.12. The van der Waals surface area contributed by atoms with Crippen molar-refractivity contribution in [2.24, 2.45) is 4.99 Å². The van der Waals surface area contributed by atoms with Crippen LogP contribution in [0.25, 0.3) is 0 Å². The van der Waals surface area contributed by atoms with Crippen molar-refractivity contribution in [3.8, 4) is 0 Å². The molecule has 2 aliphatic rings. The number of guanidine groups is 1. The Morgan fingerprint density at radius 2 is 1.96 bits per heavy atom. The SMILES string of the molecule is CN1CCN=C1NCC1(c2cc(F)cc(C(F)(F)F)c2)CC1.I. The summed E-state index contributed by atoms with van der Waals surface area (Å²) in [4.78, 5) is 6.25. The number of alkyl halides is 3. The first kappa shape index (κ1) is 18.3. The van der Waals surface area contributed by atoms with Crippen LogP contribution in [0.2, 0.25) is 0 Å². The van der Waals surface area contributed by atoms with Gasteiger partial charge in [0.15, 0.2) is 5.96 Å². The first-order chi connectivity index (χ1) is 10.3. The minimum Gasteiger partial charge on any atom is -0.355 e. The van der Waals surface area contributed by atoms with Gasteiger partial charge in [0, 0.05) is 25.6 Å². The Hall–Kier alpha value is -1.06. The van der Waals surface area contributed by atoms with E-state index in [2.05, 4.69) is 10.3 Å². The summed E-state index contributed by atoms with van der Waals surface area (Å²) >= 11 is 0. The van der Waals surface area contributed by atoms with Crippen molar-refractivity contribution in [2.75, 3.05) is 26.7 Å². The van der Waals surface area contributed by atoms with Crippen LogP contribution in [0, 0.1) is 5.82 Å². The van der Waals surface area contributed by atoms with Crippen LogP contribution in [0.15, 0.2) is 23.2 Å². The molecule has 1 saturated carbocycles. The number of hydrogen-bond acceptors (Lipinski definition) is 3. The third-order valence-corrected chi connectivity index (χ3v) is 4.33. The van der Waals surface area contributed by atoms with Crippen molar-refractivity contribution in [3.05, 3.63) is 35.1 Å². The van der Waals surface area contributed by atoms with Crippen LogP contribution in [0.3, 0.4) is 0 Å². The van der Waals surface area contributed by atoms with Crippen LogP contribution in [0.5, 0.6) is 0 Å². The number of nitrogens with zero attached hydrogens (tertiary/aromatic N) is 2. The van der Waals surface area contributed by atoms with Gasteiger partial charge < -0.3 is 10.2 Å². The zero-order valence-electron chi connectivity index (χ0n) is 12.6. The lowest BCUT2D eigenvalue weighted by molar-refractivity contribution is -0.137. The summed E-state index contributed by atoms with van der Waals surface area (Å²) in [6.07, 6.45) is -3.04. The highest BCUT2D eigenvalue weighted by Gasteiger charge is 2.46. The van der Waals surface area contributed by atoms with Gasteiger partial charge >= 0.3 is 6.18 Å². The topological polar surface area (TPSA) is 27.6 Å². The van der Waals surface area contributed by atoms with Gasteiger partial charge in [0.2, 0.25) is 0 Å². The number of aliphatic imine (C=N–C) groups is 1. The summed E-state index contributed by atoms with van der Waals surface area (Å²) < 4.78 is 52.1. The largest absolute Gasteiger partial charge is 0.416 e. The number of rotatable bonds is 3. The number of hydrogen-bond donors (Lipinski definition) is 1. The van der Waals surface area contributed by atoms with E-state index < -0.39 is 23.0 Å². The summed E-state index contributed by atoms with van der Waals surface area (Å²) in [7, 11) is 1.91. The fourth-order valence-corrected chi connectivity index (χ4v) is 2.75. The van der Waals surface area contributed by atoms with Gasteiger partial charge in [0.05, 0.1) is 12.1 Å². The summed E-state index contributed by atoms with van der Waals surface area (Å²) in [6.45, 7) is 2.01. The molecular weight excluding hydrogens is 425 g/mol. The number of nitrogens with one attached hydrogen (secondary N) is 1. The third kappa shape index (κ3) is 3.89. The molecule has 8 heteroatoms. The summed E-state index contributed by atoms with van der Waals surface area (Å²) in [5, 5.41) is 3.18. The van der Waals surface area contributed by atoms with E-state index in [4.69, 9.17) is 0 Å². The average Bonchev–Trinajstić information content (AvgIpc) is 3.12. The van der Waals surface area contributed by atoms with Gasteiger partial charge in [0.25, 0.3) is 0 Å². The highest BCUT2D eigenvalue weighted by molar-refractivity contribution is 14.0. The Morgan fingerprint density at radius 1 is 1.26 bits per heavy atom. The fraction of sp³-hybridized carbons (Fsp3) is 0.533. The second kappa shape index (κ2) is 6.45. The van der Waals surface area contributed by atoms with Crippen molar-refractivity contribution >= 4 is 29.9 Å². The van der Waals surface area contributed by atoms with E-state index in [1.165, 1.54) is 6.07 Å². The minimum atomic E-state index is -4.53. The highest BCUT2D eigenvalue weighted by atomic mass is 127. The molecule has 0 bridgehead atoms. The Balaban J connectivity index is 0.00000192. The maximum Gasteiger partial charge on any atom is 0.416 e. The molecule has 1 heterocycles. The molecule has 1 N–H and O–H groups in total. The zero-order valence-corrected chi connectivity index (χ0v) is 14.9. The molecule has 0 amide bonds. The van der Waals surface area contributed by atoms with Crippen LogP contribution in [-0.2, 0) is 11.6 Å². The van der Waals surface area contributed by atoms with Crippen LogP contribution in [0.4, 0.5) is 17.6 Å². The van der Waals surface area contributed by atoms with Gasteiger partial charge in [-0.05, 0) is 36.6 Å². The molecule has 3 nitrogen and oxygen atoms in total. The van der Waals surface area contributed by atoms with Crippen molar-refractivity contribution < 1.29 is 17.6 Å². The molecule has 0 radical (unpaired) electrons. The van der Waals surface area contributed by atoms with Crippen molar-refractivity contribution in [2.45, 2.75) is 24.4 Å². The normalized spacial score (nSPS) is 19.2. The standard InChI is InChI=1S/C15H17F4N3.HI/c1-22-5-4-20-13(22)21-9-14(2-3-14)10-6-11(15(17,18)19)8-12(16)7-10;/h6-8H,2-5,9H2,1H3,(H,20,21);1H. The van der Waals surface area contributed by atoms with Crippen LogP contribution < -0.4 is 5.32 Å². The smallest absolute Gasteiger partial charge is 0.355 e. The Labute approximate surface area is 149 Å². The van der Waals surface area contributed by atoms with E-state index >= 15 is 0 Å². The quantitative estimate of drug-likeness (QED) is 0.573. The second-order valence-corrected chi connectivity index (χ2v) is 5.99. The predicted octanol–water partition coefficient (Wildman–Crippen LogP) is 3.39. The average molecular weight is 443 g/mol. The minimum absolute atomic E-state index is 0. The van der Waals surface area contributed by atoms with Crippen LogP contribution in [-0.4, -0.2) is 37.5 Å². The van der Waals surface area contributed by atoms with Crippen molar-refractivity contribution in [1.29, 1.82) is 0 Å². The Bertz CT molecular complexity index is 611. The first-order valence-corrected chi connectivity index (χ1v) is 7.18. The van der Waals surface area contributed by atoms with Gasteiger partial charge in [-0.3, -0.25) is 4.99 Å². The lowest BCUT2D eigenvalue weighted by atomic mass is 9.94. The molecule has 3 rings (SSSR count). The summed E-state index contributed by atoms with van der Waals surface area (Å²) in [6, 6.07) is 2.82. The zero-order chi connectivity index (χ0) is 16.0. The van der Waals surface area contributed by atoms with E-state index in [0.717, 1.165) is 31.4 Å². The van der Waals surface area contributed by atoms with Gasteiger partial charge in [-0.25, -0.2) is 4.39 Å². The molecule has 1 aliphatic heterocycles. The van der Waals surface area contributed by atoms with Gasteiger partial charge in [0.1, 0.15) is 5.82 Å². The molecule has 0 aromatic heterocycles. The van der Waals surface area contributed by atoms with E-state index in [0.29, 0.717) is 24.7 Å². The molecular formula is C15H18F4IN3. The molecule has 0 spiro atoms. The monoisotopic (exact) mass is 443 g/mol. The predicted molar refractivity (Wildman–Crippen MR) is 90.7 cm³/mol. The molecule has 1 aliphatic carbocycles. The van der Waals surface area contributed by atoms with Gasteiger partial charge in [-0.15, -0.1) is 24.0 Å². The summed E-state index contributed by atoms with van der Waals surface area (Å²) in [5.41, 5.74) is -0.939. The molecule has 1 fully saturated rings. The van der Waals surface area contributed by atoms with Crippen molar-refractivity contribution in [3.63, 3.8) is 0 Å². The van der Waals surface area contributed by atoms with Crippen LogP contribution >= 0.6 is 24.0 Å². The Morgan fingerprint density at radius 3 is 2.48 bits per heavy atom. The molecule has 23 heavy (non-hydrogen) atoms. The maximum atomic E-state index is 13.6. The van der Waals surface area contributed by atoms with E-state index in [1.807, 2.05) is 11.9 Å². The van der Waals surface area contributed by atoms with Crippen molar-refractivity contribution in [1.82, 2.24) is 10.2 Å².